The average molecular weight is 437 g/mol. The quantitative estimate of drug-likeness (QED) is 0.749. The molecule has 0 aliphatic heterocycles. The second-order valence-corrected chi connectivity index (χ2v) is 9.19. The van der Waals surface area contributed by atoms with E-state index < -0.39 is 36.8 Å². The fraction of sp³-hybridized carbons (Fsp3) is 0.143. The van der Waals surface area contributed by atoms with E-state index in [1.54, 1.807) is 6.07 Å². The van der Waals surface area contributed by atoms with Crippen molar-refractivity contribution in [3.8, 4) is 0 Å². The summed E-state index contributed by atoms with van der Waals surface area (Å²) in [6.07, 6.45) is 0. The number of hydrogen-bond donors (Lipinski definition) is 2. The lowest BCUT2D eigenvalue weighted by atomic mass is 10.1. The van der Waals surface area contributed by atoms with Gasteiger partial charge in [-0.15, -0.1) is 0 Å². The molecule has 130 valence electrons. The molecule has 2 aromatic rings. The first-order valence-electron chi connectivity index (χ1n) is 6.61. The summed E-state index contributed by atoms with van der Waals surface area (Å²) in [5, 5.41) is 5.06. The average Bonchev–Trinajstić information content (AvgIpc) is 2.48. The molecule has 0 spiro atoms. The zero-order valence-corrected chi connectivity index (χ0v) is 15.6. The predicted molar refractivity (Wildman–Crippen MR) is 90.7 cm³/mol. The Morgan fingerprint density at radius 1 is 1.12 bits per heavy atom. The van der Waals surface area contributed by atoms with Crippen LogP contribution in [0.2, 0.25) is 0 Å². The number of halogens is 2. The van der Waals surface area contributed by atoms with Crippen LogP contribution < -0.4 is 9.86 Å². The molecule has 0 aromatic heterocycles. The first-order chi connectivity index (χ1) is 11.0. The molecule has 0 amide bonds. The van der Waals surface area contributed by atoms with Crippen LogP contribution in [0.15, 0.2) is 56.7 Å². The van der Waals surface area contributed by atoms with Gasteiger partial charge in [-0.3, -0.25) is 0 Å². The SMILES string of the molecule is CC(NS(=O)(=O)c1cc(Br)ccc1F)c1cccc(S(N)(=O)=O)c1. The van der Waals surface area contributed by atoms with Crippen molar-refractivity contribution in [1.29, 1.82) is 0 Å². The second kappa shape index (κ2) is 6.89. The molecule has 2 aromatic carbocycles. The maximum absolute atomic E-state index is 13.8. The number of benzene rings is 2. The summed E-state index contributed by atoms with van der Waals surface area (Å²) < 4.78 is 64.0. The lowest BCUT2D eigenvalue weighted by Crippen LogP contribution is -2.28. The molecule has 3 N–H and O–H groups in total. The molecule has 2 rings (SSSR count). The third-order valence-corrected chi connectivity index (χ3v) is 6.16. The number of hydrogen-bond acceptors (Lipinski definition) is 4. The summed E-state index contributed by atoms with van der Waals surface area (Å²) in [6, 6.07) is 8.31. The summed E-state index contributed by atoms with van der Waals surface area (Å²) in [5.74, 6) is -0.892. The Morgan fingerprint density at radius 3 is 2.42 bits per heavy atom. The molecule has 0 radical (unpaired) electrons. The topological polar surface area (TPSA) is 106 Å². The van der Waals surface area contributed by atoms with Gasteiger partial charge in [0.15, 0.2) is 0 Å². The minimum Gasteiger partial charge on any atom is -0.225 e. The van der Waals surface area contributed by atoms with Crippen LogP contribution in [-0.4, -0.2) is 16.8 Å². The van der Waals surface area contributed by atoms with Gasteiger partial charge in [-0.25, -0.2) is 31.1 Å². The van der Waals surface area contributed by atoms with Gasteiger partial charge in [0.25, 0.3) is 0 Å². The molecule has 0 aliphatic rings. The van der Waals surface area contributed by atoms with Crippen LogP contribution in [0.1, 0.15) is 18.5 Å². The van der Waals surface area contributed by atoms with Crippen molar-refractivity contribution in [3.05, 3.63) is 58.3 Å². The maximum Gasteiger partial charge on any atom is 0.244 e. The van der Waals surface area contributed by atoms with Crippen molar-refractivity contribution in [1.82, 2.24) is 4.72 Å². The lowest BCUT2D eigenvalue weighted by molar-refractivity contribution is 0.546. The zero-order valence-electron chi connectivity index (χ0n) is 12.4. The molecule has 0 saturated heterocycles. The van der Waals surface area contributed by atoms with Gasteiger partial charge in [-0.1, -0.05) is 28.1 Å². The summed E-state index contributed by atoms with van der Waals surface area (Å²) in [4.78, 5) is -0.647. The molecule has 24 heavy (non-hydrogen) atoms. The molecule has 6 nitrogen and oxygen atoms in total. The second-order valence-electron chi connectivity index (χ2n) is 5.04. The van der Waals surface area contributed by atoms with Crippen LogP contribution in [-0.2, 0) is 20.0 Å². The Kier molecular flexibility index (Phi) is 5.45. The van der Waals surface area contributed by atoms with E-state index in [1.807, 2.05) is 0 Å². The predicted octanol–water partition coefficient (Wildman–Crippen LogP) is 2.28. The van der Waals surface area contributed by atoms with E-state index in [0.29, 0.717) is 10.0 Å². The monoisotopic (exact) mass is 436 g/mol. The van der Waals surface area contributed by atoms with Crippen molar-refractivity contribution >= 4 is 36.0 Å². The Balaban J connectivity index is 2.35. The van der Waals surface area contributed by atoms with E-state index in [2.05, 4.69) is 20.7 Å². The molecule has 0 saturated carbocycles. The highest BCUT2D eigenvalue weighted by molar-refractivity contribution is 9.10. The molecule has 1 unspecified atom stereocenters. The summed E-state index contributed by atoms with van der Waals surface area (Å²) in [6.45, 7) is 1.51. The van der Waals surface area contributed by atoms with Crippen molar-refractivity contribution < 1.29 is 21.2 Å². The number of nitrogens with two attached hydrogens (primary N) is 1. The number of sulfonamides is 2. The molecule has 1 atom stereocenters. The maximum atomic E-state index is 13.8. The number of nitrogens with one attached hydrogen (secondary N) is 1. The van der Waals surface area contributed by atoms with Crippen LogP contribution >= 0.6 is 15.9 Å². The van der Waals surface area contributed by atoms with Gasteiger partial charge in [0, 0.05) is 10.5 Å². The standard InChI is InChI=1S/C14H14BrFN2O4S2/c1-9(10-3-2-4-12(7-10)23(17,19)20)18-24(21,22)14-8-11(15)5-6-13(14)16/h2-9,18H,1H3,(H2,17,19,20). The molecular weight excluding hydrogens is 423 g/mol. The molecule has 10 heteroatoms. The number of rotatable bonds is 5. The molecular formula is C14H14BrFN2O4S2. The van der Waals surface area contributed by atoms with Gasteiger partial charge in [0.1, 0.15) is 10.7 Å². The van der Waals surface area contributed by atoms with Crippen LogP contribution in [0.4, 0.5) is 4.39 Å². The summed E-state index contributed by atoms with van der Waals surface area (Å²) in [5.41, 5.74) is 0.375. The van der Waals surface area contributed by atoms with Gasteiger partial charge in [-0.2, -0.15) is 0 Å². The van der Waals surface area contributed by atoms with Crippen molar-refractivity contribution in [2.24, 2.45) is 5.14 Å². The zero-order chi connectivity index (χ0) is 18.1. The van der Waals surface area contributed by atoms with Gasteiger partial charge in [-0.05, 0) is 42.8 Å². The Bertz CT molecular complexity index is 978. The minimum atomic E-state index is -4.14. The highest BCUT2D eigenvalue weighted by atomic mass is 79.9. The Morgan fingerprint density at radius 2 is 1.79 bits per heavy atom. The van der Waals surface area contributed by atoms with E-state index in [4.69, 9.17) is 5.14 Å². The van der Waals surface area contributed by atoms with E-state index in [9.17, 15) is 21.2 Å². The van der Waals surface area contributed by atoms with Crippen LogP contribution in [0.25, 0.3) is 0 Å². The minimum absolute atomic E-state index is 0.139. The Labute approximate surface area is 148 Å². The Hall–Kier alpha value is -1.33. The fourth-order valence-corrected chi connectivity index (χ4v) is 4.42. The largest absolute Gasteiger partial charge is 0.244 e. The van der Waals surface area contributed by atoms with E-state index in [-0.39, 0.29) is 4.90 Å². The van der Waals surface area contributed by atoms with Crippen molar-refractivity contribution in [2.75, 3.05) is 0 Å². The van der Waals surface area contributed by atoms with Crippen LogP contribution in [0, 0.1) is 5.82 Å². The van der Waals surface area contributed by atoms with Gasteiger partial charge in [0.2, 0.25) is 20.0 Å². The highest BCUT2D eigenvalue weighted by Crippen LogP contribution is 2.23. The lowest BCUT2D eigenvalue weighted by Gasteiger charge is -2.16. The first kappa shape index (κ1) is 19.0. The van der Waals surface area contributed by atoms with E-state index >= 15 is 0 Å². The molecule has 0 fully saturated rings. The third-order valence-electron chi connectivity index (χ3n) is 3.20. The van der Waals surface area contributed by atoms with Crippen molar-refractivity contribution in [2.45, 2.75) is 22.8 Å². The van der Waals surface area contributed by atoms with E-state index in [1.165, 1.54) is 31.2 Å². The smallest absolute Gasteiger partial charge is 0.225 e. The third kappa shape index (κ3) is 4.39. The first-order valence-corrected chi connectivity index (χ1v) is 10.4. The normalized spacial score (nSPS) is 13.7. The van der Waals surface area contributed by atoms with Crippen molar-refractivity contribution in [3.63, 3.8) is 0 Å². The fourth-order valence-electron chi connectivity index (χ4n) is 2.01. The van der Waals surface area contributed by atoms with Gasteiger partial charge < -0.3 is 0 Å². The van der Waals surface area contributed by atoms with Gasteiger partial charge >= 0.3 is 0 Å². The highest BCUT2D eigenvalue weighted by Gasteiger charge is 2.23. The van der Waals surface area contributed by atoms with Crippen LogP contribution in [0.5, 0.6) is 0 Å². The van der Waals surface area contributed by atoms with Crippen LogP contribution in [0.3, 0.4) is 0 Å². The molecule has 0 bridgehead atoms. The van der Waals surface area contributed by atoms with E-state index in [0.717, 1.165) is 12.1 Å². The molecule has 0 heterocycles. The summed E-state index contributed by atoms with van der Waals surface area (Å²) in [7, 11) is -8.06. The number of primary sulfonamides is 1. The summed E-state index contributed by atoms with van der Waals surface area (Å²) >= 11 is 3.09. The van der Waals surface area contributed by atoms with Gasteiger partial charge in [0.05, 0.1) is 4.90 Å². The molecule has 0 aliphatic carbocycles.